The first-order valence-corrected chi connectivity index (χ1v) is 8.50. The first-order valence-electron chi connectivity index (χ1n) is 7.71. The molecule has 0 spiro atoms. The van der Waals surface area contributed by atoms with Gasteiger partial charge in [0.25, 0.3) is 5.69 Å². The van der Waals surface area contributed by atoms with Gasteiger partial charge in [0.2, 0.25) is 0 Å². The average molecular weight is 409 g/mol. The van der Waals surface area contributed by atoms with E-state index in [0.717, 1.165) is 15.6 Å². The van der Waals surface area contributed by atoms with E-state index in [-0.39, 0.29) is 5.69 Å². The normalized spacial score (nSPS) is 11.2. The minimum absolute atomic E-state index is 0.0173. The van der Waals surface area contributed by atoms with E-state index >= 15 is 0 Å². The third-order valence-electron chi connectivity index (χ3n) is 3.88. The number of hydrogen-bond acceptors (Lipinski definition) is 4. The van der Waals surface area contributed by atoms with Crippen molar-refractivity contribution >= 4 is 33.3 Å². The maximum atomic E-state index is 10.7. The average Bonchev–Trinajstić information content (AvgIpc) is 3.10. The van der Waals surface area contributed by atoms with E-state index < -0.39 is 4.92 Å². The summed E-state index contributed by atoms with van der Waals surface area (Å²) < 4.78 is 6.82. The van der Waals surface area contributed by atoms with Crippen LogP contribution in [0.15, 0.2) is 63.5 Å². The van der Waals surface area contributed by atoms with Gasteiger partial charge in [-0.15, -0.1) is 0 Å². The van der Waals surface area contributed by atoms with Crippen LogP contribution in [-0.2, 0) is 0 Å². The fourth-order valence-corrected chi connectivity index (χ4v) is 2.80. The lowest BCUT2D eigenvalue weighted by Crippen LogP contribution is -1.88. The molecular formula is C20H13BrN2O3. The molecule has 0 radical (unpaired) electrons. The molecule has 6 heteroatoms. The minimum Gasteiger partial charge on any atom is -0.457 e. The van der Waals surface area contributed by atoms with E-state index in [0.29, 0.717) is 22.7 Å². The van der Waals surface area contributed by atoms with E-state index in [1.807, 2.05) is 31.2 Å². The van der Waals surface area contributed by atoms with Crippen LogP contribution >= 0.6 is 15.9 Å². The van der Waals surface area contributed by atoms with Gasteiger partial charge in [0.1, 0.15) is 11.5 Å². The van der Waals surface area contributed by atoms with Crippen LogP contribution in [0.2, 0.25) is 0 Å². The Balaban J connectivity index is 1.91. The maximum Gasteiger partial charge on any atom is 0.269 e. The Bertz CT molecular complexity index is 1040. The number of halogens is 1. The van der Waals surface area contributed by atoms with Crippen LogP contribution < -0.4 is 0 Å². The Kier molecular flexibility index (Phi) is 5.01. The number of hydrogen-bond donors (Lipinski definition) is 0. The molecule has 0 bridgehead atoms. The van der Waals surface area contributed by atoms with Crippen molar-refractivity contribution in [3.63, 3.8) is 0 Å². The van der Waals surface area contributed by atoms with Crippen molar-refractivity contribution in [2.75, 3.05) is 0 Å². The highest BCUT2D eigenvalue weighted by molar-refractivity contribution is 9.10. The van der Waals surface area contributed by atoms with Crippen molar-refractivity contribution in [1.29, 1.82) is 5.26 Å². The number of furan rings is 1. The van der Waals surface area contributed by atoms with Gasteiger partial charge in [0.05, 0.1) is 16.6 Å². The Morgan fingerprint density at radius 3 is 2.54 bits per heavy atom. The summed E-state index contributed by atoms with van der Waals surface area (Å²) in [6, 6.07) is 17.5. The summed E-state index contributed by atoms with van der Waals surface area (Å²) in [5.74, 6) is 1.23. The number of nitriles is 1. The van der Waals surface area contributed by atoms with Crippen LogP contribution in [-0.4, -0.2) is 4.92 Å². The van der Waals surface area contributed by atoms with Gasteiger partial charge in [-0.3, -0.25) is 10.1 Å². The number of benzene rings is 2. The monoisotopic (exact) mass is 408 g/mol. The molecule has 0 atom stereocenters. The Labute approximate surface area is 158 Å². The van der Waals surface area contributed by atoms with Crippen LogP contribution in [0.3, 0.4) is 0 Å². The lowest BCUT2D eigenvalue weighted by Gasteiger charge is -2.01. The first kappa shape index (κ1) is 17.6. The second-order valence-electron chi connectivity index (χ2n) is 5.64. The fraction of sp³-hybridized carbons (Fsp3) is 0.0500. The van der Waals surface area contributed by atoms with E-state index in [2.05, 4.69) is 22.0 Å². The molecule has 0 N–H and O–H groups in total. The standard InChI is InChI=1S/C20H13BrN2O3/c1-13-2-3-15(11-19(13)21)20-9-8-18(26-20)10-16(12-22)14-4-6-17(7-5-14)23(24)25/h2-11H,1H3/b16-10+. The van der Waals surface area contributed by atoms with Crippen molar-refractivity contribution in [3.8, 4) is 17.4 Å². The van der Waals surface area contributed by atoms with Crippen molar-refractivity contribution in [1.82, 2.24) is 0 Å². The summed E-state index contributed by atoms with van der Waals surface area (Å²) in [5.41, 5.74) is 3.00. The molecule has 5 nitrogen and oxygen atoms in total. The van der Waals surface area contributed by atoms with E-state index in [1.165, 1.54) is 12.1 Å². The molecular weight excluding hydrogens is 396 g/mol. The molecule has 0 amide bonds. The molecule has 0 aliphatic carbocycles. The van der Waals surface area contributed by atoms with Gasteiger partial charge in [0, 0.05) is 22.2 Å². The molecule has 128 valence electrons. The molecule has 3 rings (SSSR count). The number of rotatable bonds is 4. The molecule has 1 aromatic heterocycles. The predicted molar refractivity (Wildman–Crippen MR) is 103 cm³/mol. The summed E-state index contributed by atoms with van der Waals surface area (Å²) in [5, 5.41) is 20.1. The number of non-ortho nitro benzene ring substituents is 1. The minimum atomic E-state index is -0.474. The quantitative estimate of drug-likeness (QED) is 0.301. The van der Waals surface area contributed by atoms with Crippen LogP contribution in [0.1, 0.15) is 16.9 Å². The Morgan fingerprint density at radius 1 is 1.19 bits per heavy atom. The first-order chi connectivity index (χ1) is 12.5. The summed E-state index contributed by atoms with van der Waals surface area (Å²) in [6.45, 7) is 2.01. The van der Waals surface area contributed by atoms with Crippen LogP contribution in [0.5, 0.6) is 0 Å². The van der Waals surface area contributed by atoms with Gasteiger partial charge in [-0.1, -0.05) is 28.1 Å². The van der Waals surface area contributed by atoms with Crippen molar-refractivity contribution in [2.45, 2.75) is 6.92 Å². The van der Waals surface area contributed by atoms with Gasteiger partial charge >= 0.3 is 0 Å². The molecule has 0 aliphatic heterocycles. The Hall–Kier alpha value is -3.17. The molecule has 0 saturated heterocycles. The molecule has 2 aromatic carbocycles. The van der Waals surface area contributed by atoms with Crippen LogP contribution in [0.25, 0.3) is 23.0 Å². The van der Waals surface area contributed by atoms with Gasteiger partial charge in [0.15, 0.2) is 0 Å². The van der Waals surface area contributed by atoms with E-state index in [1.54, 1.807) is 24.3 Å². The number of nitro benzene ring substituents is 1. The highest BCUT2D eigenvalue weighted by Gasteiger charge is 2.09. The largest absolute Gasteiger partial charge is 0.457 e. The summed E-state index contributed by atoms with van der Waals surface area (Å²) in [4.78, 5) is 10.3. The van der Waals surface area contributed by atoms with E-state index in [4.69, 9.17) is 4.42 Å². The van der Waals surface area contributed by atoms with Crippen LogP contribution in [0.4, 0.5) is 5.69 Å². The van der Waals surface area contributed by atoms with Gasteiger partial charge < -0.3 is 4.42 Å². The lowest BCUT2D eigenvalue weighted by molar-refractivity contribution is -0.384. The van der Waals surface area contributed by atoms with Crippen molar-refractivity contribution < 1.29 is 9.34 Å². The predicted octanol–water partition coefficient (Wildman–Crippen LogP) is 5.99. The van der Waals surface area contributed by atoms with Gasteiger partial charge in [-0.25, -0.2) is 0 Å². The summed E-state index contributed by atoms with van der Waals surface area (Å²) >= 11 is 3.50. The third-order valence-corrected chi connectivity index (χ3v) is 4.73. The second kappa shape index (κ2) is 7.38. The zero-order chi connectivity index (χ0) is 18.7. The molecule has 0 unspecified atom stereocenters. The topological polar surface area (TPSA) is 80.1 Å². The van der Waals surface area contributed by atoms with Crippen molar-refractivity contribution in [3.05, 3.63) is 86.1 Å². The lowest BCUT2D eigenvalue weighted by atomic mass is 10.1. The zero-order valence-corrected chi connectivity index (χ0v) is 15.4. The van der Waals surface area contributed by atoms with E-state index in [9.17, 15) is 15.4 Å². The van der Waals surface area contributed by atoms with Gasteiger partial charge in [-0.2, -0.15) is 5.26 Å². The second-order valence-corrected chi connectivity index (χ2v) is 6.49. The molecule has 0 aliphatic rings. The maximum absolute atomic E-state index is 10.7. The SMILES string of the molecule is Cc1ccc(-c2ccc(/C=C(\C#N)c3ccc([N+](=O)[O-])cc3)o2)cc1Br. The molecule has 3 aromatic rings. The summed E-state index contributed by atoms with van der Waals surface area (Å²) in [6.07, 6.45) is 1.62. The number of aryl methyl sites for hydroxylation is 1. The highest BCUT2D eigenvalue weighted by Crippen LogP contribution is 2.29. The zero-order valence-electron chi connectivity index (χ0n) is 13.8. The number of allylic oxidation sites excluding steroid dienone is 1. The van der Waals surface area contributed by atoms with Crippen molar-refractivity contribution in [2.24, 2.45) is 0 Å². The summed E-state index contributed by atoms with van der Waals surface area (Å²) in [7, 11) is 0. The molecule has 26 heavy (non-hydrogen) atoms. The molecule has 1 heterocycles. The fourth-order valence-electron chi connectivity index (χ4n) is 2.42. The highest BCUT2D eigenvalue weighted by atomic mass is 79.9. The van der Waals surface area contributed by atoms with Gasteiger partial charge in [-0.05, 0) is 54.5 Å². The number of nitro groups is 1. The Morgan fingerprint density at radius 2 is 1.92 bits per heavy atom. The third kappa shape index (κ3) is 3.73. The molecule has 0 saturated carbocycles. The smallest absolute Gasteiger partial charge is 0.269 e. The molecule has 0 fully saturated rings. The van der Waals surface area contributed by atoms with Crippen LogP contribution in [0, 0.1) is 28.4 Å². The number of nitrogens with zero attached hydrogens (tertiary/aromatic N) is 2.